The SMILES string of the molecule is C=C(CNCCC)Cn1nc(C)c(CC)c1C. The number of rotatable bonds is 7. The van der Waals surface area contributed by atoms with Gasteiger partial charge in [0.15, 0.2) is 0 Å². The van der Waals surface area contributed by atoms with Crippen molar-refractivity contribution >= 4 is 0 Å². The van der Waals surface area contributed by atoms with Gasteiger partial charge in [0.25, 0.3) is 0 Å². The van der Waals surface area contributed by atoms with Crippen LogP contribution in [0.25, 0.3) is 0 Å². The third-order valence-electron chi connectivity index (χ3n) is 3.06. The van der Waals surface area contributed by atoms with Gasteiger partial charge in [-0.05, 0) is 44.4 Å². The average Bonchev–Trinajstić information content (AvgIpc) is 2.54. The highest BCUT2D eigenvalue weighted by Crippen LogP contribution is 2.14. The fourth-order valence-corrected chi connectivity index (χ4v) is 2.11. The number of aromatic nitrogens is 2. The maximum absolute atomic E-state index is 4.58. The third kappa shape index (κ3) is 3.70. The van der Waals surface area contributed by atoms with Crippen molar-refractivity contribution in [3.8, 4) is 0 Å². The molecule has 0 saturated heterocycles. The zero-order valence-corrected chi connectivity index (χ0v) is 11.6. The van der Waals surface area contributed by atoms with E-state index in [1.54, 1.807) is 0 Å². The van der Waals surface area contributed by atoms with E-state index in [0.29, 0.717) is 0 Å². The Bertz CT molecular complexity index is 377. The first-order valence-electron chi connectivity index (χ1n) is 6.50. The summed E-state index contributed by atoms with van der Waals surface area (Å²) in [6.07, 6.45) is 2.21. The van der Waals surface area contributed by atoms with Crippen LogP contribution in [0.3, 0.4) is 0 Å². The first-order valence-corrected chi connectivity index (χ1v) is 6.50. The summed E-state index contributed by atoms with van der Waals surface area (Å²) in [5.74, 6) is 0. The summed E-state index contributed by atoms with van der Waals surface area (Å²) < 4.78 is 2.07. The van der Waals surface area contributed by atoms with Crippen LogP contribution in [0.2, 0.25) is 0 Å². The van der Waals surface area contributed by atoms with Crippen LogP contribution in [0.4, 0.5) is 0 Å². The molecule has 0 atom stereocenters. The molecule has 1 N–H and O–H groups in total. The van der Waals surface area contributed by atoms with Gasteiger partial charge in [-0.15, -0.1) is 0 Å². The second kappa shape index (κ2) is 6.60. The van der Waals surface area contributed by atoms with Gasteiger partial charge in [-0.25, -0.2) is 0 Å². The van der Waals surface area contributed by atoms with E-state index >= 15 is 0 Å². The molecule has 0 saturated carbocycles. The molecule has 1 heterocycles. The maximum Gasteiger partial charge on any atom is 0.0632 e. The number of hydrogen-bond donors (Lipinski definition) is 1. The standard InChI is InChI=1S/C14H25N3/c1-6-8-15-9-11(3)10-17-13(5)14(7-2)12(4)16-17/h15H,3,6-10H2,1-2,4-5H3. The molecule has 0 amide bonds. The van der Waals surface area contributed by atoms with Crippen molar-refractivity contribution < 1.29 is 0 Å². The summed E-state index contributed by atoms with van der Waals surface area (Å²) in [6, 6.07) is 0. The molecule has 17 heavy (non-hydrogen) atoms. The van der Waals surface area contributed by atoms with Gasteiger partial charge in [-0.3, -0.25) is 4.68 Å². The Morgan fingerprint density at radius 1 is 1.35 bits per heavy atom. The molecule has 1 aromatic rings. The van der Waals surface area contributed by atoms with E-state index in [1.165, 1.54) is 16.8 Å². The van der Waals surface area contributed by atoms with Crippen LogP contribution in [-0.4, -0.2) is 22.9 Å². The number of aryl methyl sites for hydroxylation is 1. The highest BCUT2D eigenvalue weighted by atomic mass is 15.3. The van der Waals surface area contributed by atoms with Crippen molar-refractivity contribution in [2.45, 2.75) is 47.1 Å². The van der Waals surface area contributed by atoms with Crippen LogP contribution in [0.15, 0.2) is 12.2 Å². The van der Waals surface area contributed by atoms with Crippen LogP contribution in [0.5, 0.6) is 0 Å². The Kier molecular flexibility index (Phi) is 5.42. The lowest BCUT2D eigenvalue weighted by atomic mass is 10.1. The van der Waals surface area contributed by atoms with Gasteiger partial charge in [0.1, 0.15) is 0 Å². The molecule has 1 aromatic heterocycles. The zero-order chi connectivity index (χ0) is 12.8. The number of hydrogen-bond acceptors (Lipinski definition) is 2. The molecule has 96 valence electrons. The third-order valence-corrected chi connectivity index (χ3v) is 3.06. The van der Waals surface area contributed by atoms with Crippen molar-refractivity contribution in [1.82, 2.24) is 15.1 Å². The van der Waals surface area contributed by atoms with Crippen LogP contribution in [0, 0.1) is 13.8 Å². The smallest absolute Gasteiger partial charge is 0.0632 e. The summed E-state index contributed by atoms with van der Waals surface area (Å²) >= 11 is 0. The predicted molar refractivity (Wildman–Crippen MR) is 73.4 cm³/mol. The van der Waals surface area contributed by atoms with Gasteiger partial charge in [0.05, 0.1) is 12.2 Å². The van der Waals surface area contributed by atoms with Crippen molar-refractivity contribution in [3.63, 3.8) is 0 Å². The fraction of sp³-hybridized carbons (Fsp3) is 0.643. The number of nitrogens with one attached hydrogen (secondary N) is 1. The van der Waals surface area contributed by atoms with Crippen molar-refractivity contribution in [2.24, 2.45) is 0 Å². The van der Waals surface area contributed by atoms with Gasteiger partial charge in [-0.2, -0.15) is 5.10 Å². The second-order valence-corrected chi connectivity index (χ2v) is 4.59. The summed E-state index contributed by atoms with van der Waals surface area (Å²) in [6.45, 7) is 15.4. The molecule has 0 spiro atoms. The Morgan fingerprint density at radius 2 is 2.06 bits per heavy atom. The van der Waals surface area contributed by atoms with Crippen LogP contribution < -0.4 is 5.32 Å². The largest absolute Gasteiger partial charge is 0.313 e. The van der Waals surface area contributed by atoms with E-state index < -0.39 is 0 Å². The Labute approximate surface area is 105 Å². The summed E-state index contributed by atoms with van der Waals surface area (Å²) in [7, 11) is 0. The Morgan fingerprint density at radius 3 is 2.59 bits per heavy atom. The monoisotopic (exact) mass is 235 g/mol. The maximum atomic E-state index is 4.58. The van der Waals surface area contributed by atoms with Gasteiger partial charge >= 0.3 is 0 Å². The van der Waals surface area contributed by atoms with Gasteiger partial charge in [-0.1, -0.05) is 20.4 Å². The van der Waals surface area contributed by atoms with Crippen molar-refractivity contribution in [2.75, 3.05) is 13.1 Å². The molecule has 0 aliphatic carbocycles. The first kappa shape index (κ1) is 14.0. The summed E-state index contributed by atoms with van der Waals surface area (Å²) in [4.78, 5) is 0. The Hall–Kier alpha value is -1.09. The van der Waals surface area contributed by atoms with Gasteiger partial charge in [0, 0.05) is 12.2 Å². The topological polar surface area (TPSA) is 29.9 Å². The minimum atomic E-state index is 0.823. The molecule has 3 nitrogen and oxygen atoms in total. The highest BCUT2D eigenvalue weighted by molar-refractivity contribution is 5.24. The zero-order valence-electron chi connectivity index (χ0n) is 11.6. The minimum Gasteiger partial charge on any atom is -0.313 e. The van der Waals surface area contributed by atoms with E-state index in [4.69, 9.17) is 0 Å². The van der Waals surface area contributed by atoms with Crippen LogP contribution in [0.1, 0.15) is 37.2 Å². The first-order chi connectivity index (χ1) is 8.10. The quantitative estimate of drug-likeness (QED) is 0.581. The van der Waals surface area contributed by atoms with E-state index in [-0.39, 0.29) is 0 Å². The van der Waals surface area contributed by atoms with Crippen LogP contribution in [-0.2, 0) is 13.0 Å². The van der Waals surface area contributed by atoms with Crippen molar-refractivity contribution in [3.05, 3.63) is 29.1 Å². The second-order valence-electron chi connectivity index (χ2n) is 4.59. The molecule has 0 radical (unpaired) electrons. The molecule has 0 aliphatic rings. The molecule has 0 aliphatic heterocycles. The fourth-order valence-electron chi connectivity index (χ4n) is 2.11. The molecular weight excluding hydrogens is 210 g/mol. The molecule has 1 rings (SSSR count). The summed E-state index contributed by atoms with van der Waals surface area (Å²) in [5.41, 5.74) is 4.99. The number of nitrogens with zero attached hydrogens (tertiary/aromatic N) is 2. The molecular formula is C14H25N3. The van der Waals surface area contributed by atoms with Crippen molar-refractivity contribution in [1.29, 1.82) is 0 Å². The molecule has 0 aromatic carbocycles. The molecule has 0 fully saturated rings. The lowest BCUT2D eigenvalue weighted by Gasteiger charge is -2.09. The molecule has 3 heteroatoms. The highest BCUT2D eigenvalue weighted by Gasteiger charge is 2.09. The van der Waals surface area contributed by atoms with Gasteiger partial charge < -0.3 is 5.32 Å². The summed E-state index contributed by atoms with van der Waals surface area (Å²) in [5, 5.41) is 7.95. The van der Waals surface area contributed by atoms with Gasteiger partial charge in [0.2, 0.25) is 0 Å². The Balaban J connectivity index is 2.59. The minimum absolute atomic E-state index is 0.823. The lowest BCUT2D eigenvalue weighted by molar-refractivity contribution is 0.617. The molecule has 0 unspecified atom stereocenters. The van der Waals surface area contributed by atoms with E-state index in [1.807, 2.05) is 0 Å². The average molecular weight is 235 g/mol. The van der Waals surface area contributed by atoms with E-state index in [0.717, 1.165) is 38.2 Å². The normalized spacial score (nSPS) is 10.8. The lowest BCUT2D eigenvalue weighted by Crippen LogP contribution is -2.20. The van der Waals surface area contributed by atoms with Crippen LogP contribution >= 0.6 is 0 Å². The molecule has 0 bridgehead atoms. The predicted octanol–water partition coefficient (Wildman–Crippen LogP) is 2.62. The van der Waals surface area contributed by atoms with E-state index in [2.05, 4.69) is 49.4 Å². The van der Waals surface area contributed by atoms with E-state index in [9.17, 15) is 0 Å².